The van der Waals surface area contributed by atoms with Crippen molar-refractivity contribution in [3.63, 3.8) is 0 Å². The van der Waals surface area contributed by atoms with E-state index in [-0.39, 0.29) is 42.1 Å². The van der Waals surface area contributed by atoms with Crippen molar-refractivity contribution in [1.29, 1.82) is 0 Å². The summed E-state index contributed by atoms with van der Waals surface area (Å²) in [6.07, 6.45) is -5.57. The van der Waals surface area contributed by atoms with Gasteiger partial charge in [0.1, 0.15) is 54.3 Å². The van der Waals surface area contributed by atoms with Gasteiger partial charge in [0.25, 0.3) is 0 Å². The second-order valence-corrected chi connectivity index (χ2v) is 17.4. The van der Waals surface area contributed by atoms with Crippen molar-refractivity contribution in [2.75, 3.05) is 24.7 Å². The molecule has 7 rings (SSSR count). The Labute approximate surface area is 357 Å². The summed E-state index contributed by atoms with van der Waals surface area (Å²) in [6.45, 7) is 0.218. The van der Waals surface area contributed by atoms with Crippen molar-refractivity contribution in [3.05, 3.63) is 83.4 Å². The molecule has 2 fully saturated rings. The van der Waals surface area contributed by atoms with E-state index in [4.69, 9.17) is 34.7 Å². The molecule has 0 bridgehead atoms. The number of phosphoric ester groups is 2. The summed E-state index contributed by atoms with van der Waals surface area (Å²) in [6, 6.07) is 13.3. The number of carbonyl (C=O) groups is 2. The predicted molar refractivity (Wildman–Crippen MR) is 219 cm³/mol. The van der Waals surface area contributed by atoms with Crippen LogP contribution < -0.4 is 22.5 Å². The summed E-state index contributed by atoms with van der Waals surface area (Å²) < 4.78 is 60.4. The smallest absolute Gasteiger partial charge is 0.453 e. The Bertz CT molecular complexity index is 2610. The molecule has 2 aromatic carbocycles. The van der Waals surface area contributed by atoms with Crippen LogP contribution in [-0.2, 0) is 52.9 Å². The van der Waals surface area contributed by atoms with Gasteiger partial charge in [-0.1, -0.05) is 55.8 Å². The number of aromatic nitrogens is 6. The highest BCUT2D eigenvalue weighted by atomic mass is 31.2. The molecule has 0 spiro atoms. The van der Waals surface area contributed by atoms with Crippen LogP contribution >= 0.6 is 15.6 Å². The van der Waals surface area contributed by atoms with Crippen molar-refractivity contribution in [2.24, 2.45) is 0 Å². The Morgan fingerprint density at radius 3 is 2.49 bits per heavy atom. The monoisotopic (exact) mass is 917 g/mol. The number of nitrogens with zero attached hydrogens (tertiary/aromatic N) is 6. The molecule has 3 aromatic heterocycles. The number of benzene rings is 2. The van der Waals surface area contributed by atoms with Crippen LogP contribution in [0.2, 0.25) is 0 Å². The van der Waals surface area contributed by atoms with Crippen LogP contribution in [0.1, 0.15) is 50.6 Å². The van der Waals surface area contributed by atoms with Crippen LogP contribution in [0.15, 0.2) is 72.2 Å². The molecule has 26 heteroatoms. The van der Waals surface area contributed by atoms with Crippen molar-refractivity contribution >= 4 is 61.1 Å². The van der Waals surface area contributed by atoms with E-state index in [1.54, 1.807) is 0 Å². The molecule has 5 heterocycles. The number of nitrogen functional groups attached to an aromatic ring is 2. The van der Waals surface area contributed by atoms with Crippen molar-refractivity contribution in [1.82, 2.24) is 34.4 Å². The Morgan fingerprint density at radius 2 is 1.75 bits per heavy atom. The summed E-state index contributed by atoms with van der Waals surface area (Å²) in [7, 11) is -10.2. The highest BCUT2D eigenvalue weighted by Crippen LogP contribution is 2.50. The number of hydrogen-bond acceptors (Lipinski definition) is 18. The number of esters is 1. The maximum Gasteiger partial charge on any atom is 0.472 e. The van der Waals surface area contributed by atoms with Crippen LogP contribution in [0.5, 0.6) is 0 Å². The molecule has 1 unspecified atom stereocenters. The molecular formula is C37H45N9O15P2. The Balaban J connectivity index is 1.11. The molecule has 338 valence electrons. The number of aliphatic hydroxyl groups excluding tert-OH is 1. The fourth-order valence-corrected chi connectivity index (χ4v) is 8.50. The minimum absolute atomic E-state index is 0.00879. The average Bonchev–Trinajstić information content (AvgIpc) is 3.93. The van der Waals surface area contributed by atoms with Gasteiger partial charge in [-0.25, -0.2) is 33.7 Å². The molecule has 9 atom stereocenters. The first-order valence-electron chi connectivity index (χ1n) is 19.6. The van der Waals surface area contributed by atoms with Crippen LogP contribution in [0.3, 0.4) is 0 Å². The van der Waals surface area contributed by atoms with E-state index in [0.29, 0.717) is 12.0 Å². The Kier molecular flexibility index (Phi) is 14.0. The second kappa shape index (κ2) is 19.3. The summed E-state index contributed by atoms with van der Waals surface area (Å²) in [5, 5.41) is 16.4. The molecule has 9 N–H and O–H groups in total. The topological polar surface area (TPSA) is 347 Å². The molecule has 63 heavy (non-hydrogen) atoms. The second-order valence-electron chi connectivity index (χ2n) is 14.8. The van der Waals surface area contributed by atoms with Crippen molar-refractivity contribution < 1.29 is 66.3 Å². The summed E-state index contributed by atoms with van der Waals surface area (Å²) >= 11 is 0. The van der Waals surface area contributed by atoms with Gasteiger partial charge < -0.3 is 50.8 Å². The molecular weight excluding hydrogens is 872 g/mol. The van der Waals surface area contributed by atoms with E-state index < -0.39 is 95.4 Å². The van der Waals surface area contributed by atoms with Gasteiger partial charge in [0.2, 0.25) is 5.91 Å². The van der Waals surface area contributed by atoms with Gasteiger partial charge in [0.05, 0.1) is 19.5 Å². The van der Waals surface area contributed by atoms with Gasteiger partial charge in [-0.05, 0) is 28.8 Å². The van der Waals surface area contributed by atoms with Crippen LogP contribution in [-0.4, -0.2) is 111 Å². The lowest BCUT2D eigenvalue weighted by molar-refractivity contribution is -0.162. The number of aliphatic hydroxyl groups is 1. The first-order valence-corrected chi connectivity index (χ1v) is 22.6. The maximum atomic E-state index is 14.2. The average molecular weight is 918 g/mol. The van der Waals surface area contributed by atoms with Gasteiger partial charge in [0.15, 0.2) is 23.8 Å². The number of unbranched alkanes of at least 4 members (excludes halogenated alkanes) is 1. The lowest BCUT2D eigenvalue weighted by Crippen LogP contribution is -2.47. The number of ether oxygens (including phenoxy) is 3. The van der Waals surface area contributed by atoms with Gasteiger partial charge in [0, 0.05) is 25.5 Å². The third kappa shape index (κ3) is 11.1. The molecule has 0 aliphatic carbocycles. The Hall–Kier alpha value is -5.23. The number of anilines is 2. The molecule has 1 amide bonds. The minimum atomic E-state index is -5.19. The van der Waals surface area contributed by atoms with E-state index in [0.717, 1.165) is 28.1 Å². The highest BCUT2D eigenvalue weighted by Gasteiger charge is 2.50. The molecule has 2 saturated heterocycles. The maximum absolute atomic E-state index is 14.2. The highest BCUT2D eigenvalue weighted by molar-refractivity contribution is 7.47. The predicted octanol–water partition coefficient (Wildman–Crippen LogP) is 1.39. The minimum Gasteiger partial charge on any atom is -0.453 e. The number of rotatable bonds is 18. The van der Waals surface area contributed by atoms with E-state index in [1.807, 2.05) is 49.4 Å². The lowest BCUT2D eigenvalue weighted by atomic mass is 10.0. The third-order valence-corrected chi connectivity index (χ3v) is 11.8. The van der Waals surface area contributed by atoms with E-state index in [2.05, 4.69) is 29.8 Å². The number of nitrogens with one attached hydrogen (secondary N) is 1. The quantitative estimate of drug-likeness (QED) is 0.0482. The molecule has 2 aliphatic rings. The van der Waals surface area contributed by atoms with Gasteiger partial charge in [-0.15, -0.1) is 0 Å². The van der Waals surface area contributed by atoms with E-state index in [9.17, 15) is 43.3 Å². The molecule has 0 saturated carbocycles. The zero-order valence-corrected chi connectivity index (χ0v) is 35.2. The summed E-state index contributed by atoms with van der Waals surface area (Å²) in [4.78, 5) is 85.3. The number of phosphoric acid groups is 2. The van der Waals surface area contributed by atoms with Gasteiger partial charge in [-0.3, -0.25) is 27.5 Å². The van der Waals surface area contributed by atoms with Crippen LogP contribution in [0, 0.1) is 0 Å². The third-order valence-electron chi connectivity index (χ3n) is 10.3. The van der Waals surface area contributed by atoms with Crippen LogP contribution in [0.4, 0.5) is 11.6 Å². The van der Waals surface area contributed by atoms with E-state index >= 15 is 0 Å². The normalized spacial score (nSPS) is 24.0. The number of imidazole rings is 1. The molecule has 5 aromatic rings. The van der Waals surface area contributed by atoms with Crippen LogP contribution in [0.25, 0.3) is 21.9 Å². The first-order chi connectivity index (χ1) is 30.0. The summed E-state index contributed by atoms with van der Waals surface area (Å²) in [5.41, 5.74) is 11.7. The SMILES string of the molecule is CCCCC(=O)N[C@@H](Cc1ccc2ccccc2c1)C(=O)O[C@@H]1[C@H](O)[C@@H](COP(=O)(O)O[C@H]2C[C@H](n3ccc(N)nc3=O)O[C@@H]2COP(=O)(O)O)O[C@H]1n1cnc2c(N)ncnc21. The fourth-order valence-electron chi connectivity index (χ4n) is 7.19. The molecule has 24 nitrogen and oxygen atoms in total. The standard InChI is InChI=1S/C37H45N9O15P2/c1-2-3-8-28(47)43-23(14-20-9-10-21-6-4-5-7-22(21)13-20)36(49)60-32-31(48)26(59-35(32)46-19-42-30-33(39)40-18-41-34(30)46)17-57-63(54,55)61-24-15-29(45-12-11-27(38)44-37(45)50)58-25(24)16-56-62(51,52)53/h4-7,9-13,18-19,23-26,29,31-32,35,48H,2-3,8,14-17H2,1H3,(H,43,47)(H,54,55)(H2,38,44,50)(H2,39,40,41)(H2,51,52,53)/t23-,24-,25+,26+,29+,31+,32+,35+/m0/s1. The number of fused-ring (bicyclic) bond motifs is 2. The number of nitrogens with two attached hydrogens (primary N) is 2. The van der Waals surface area contributed by atoms with Gasteiger partial charge in [-0.2, -0.15) is 4.98 Å². The van der Waals surface area contributed by atoms with E-state index in [1.165, 1.54) is 23.2 Å². The molecule has 0 radical (unpaired) electrons. The van der Waals surface area contributed by atoms with Crippen molar-refractivity contribution in [3.8, 4) is 0 Å². The zero-order chi connectivity index (χ0) is 45.1. The fraction of sp³-hybridized carbons (Fsp3) is 0.432. The largest absolute Gasteiger partial charge is 0.472 e. The van der Waals surface area contributed by atoms with Gasteiger partial charge >= 0.3 is 27.3 Å². The lowest BCUT2D eigenvalue weighted by Gasteiger charge is -2.25. The number of carbonyl (C=O) groups excluding carboxylic acids is 2. The Morgan fingerprint density at radius 1 is 0.984 bits per heavy atom. The number of amides is 1. The summed E-state index contributed by atoms with van der Waals surface area (Å²) in [5.74, 6) is -1.42. The zero-order valence-electron chi connectivity index (χ0n) is 33.4. The number of hydrogen-bond donors (Lipinski definition) is 7. The first kappa shape index (κ1) is 45.8. The van der Waals surface area contributed by atoms with Crippen molar-refractivity contribution in [2.45, 2.75) is 88.0 Å². The molecule has 2 aliphatic heterocycles.